The van der Waals surface area contributed by atoms with Crippen LogP contribution >= 0.6 is 0 Å². The number of unbranched alkanes of at least 4 members (excludes halogenated alkanes) is 4. The fraction of sp³-hybridized carbons (Fsp3) is 0.350. The number of aromatic carboxylic acids is 1. The van der Waals surface area contributed by atoms with Gasteiger partial charge < -0.3 is 14.4 Å². The minimum absolute atomic E-state index is 0.0283. The Morgan fingerprint density at radius 1 is 1.04 bits per heavy atom. The lowest BCUT2D eigenvalue weighted by molar-refractivity contribution is 0.0685. The van der Waals surface area contributed by atoms with Gasteiger partial charge in [-0.2, -0.15) is 0 Å². The Kier molecular flexibility index (Phi) is 6.19. The molecule has 0 radical (unpaired) electrons. The van der Waals surface area contributed by atoms with E-state index in [9.17, 15) is 4.79 Å². The maximum absolute atomic E-state index is 10.7. The third-order valence-corrected chi connectivity index (χ3v) is 4.17. The summed E-state index contributed by atoms with van der Waals surface area (Å²) < 4.78 is 10.7. The van der Waals surface area contributed by atoms with E-state index >= 15 is 0 Å². The van der Waals surface area contributed by atoms with Crippen molar-refractivity contribution < 1.29 is 19.2 Å². The second kappa shape index (κ2) is 8.99. The summed E-state index contributed by atoms with van der Waals surface area (Å²) in [6.45, 7) is 0.662. The molecular formula is C20H22N2O4. The van der Waals surface area contributed by atoms with Crippen LogP contribution in [0.25, 0.3) is 10.9 Å². The molecule has 2 heterocycles. The van der Waals surface area contributed by atoms with E-state index in [1.807, 2.05) is 36.4 Å². The van der Waals surface area contributed by atoms with E-state index in [1.165, 1.54) is 6.07 Å². The van der Waals surface area contributed by atoms with Crippen LogP contribution in [-0.2, 0) is 6.42 Å². The number of rotatable bonds is 10. The predicted molar refractivity (Wildman–Crippen MR) is 97.5 cm³/mol. The number of pyridine rings is 1. The van der Waals surface area contributed by atoms with Crippen molar-refractivity contribution in [1.82, 2.24) is 10.1 Å². The number of hydrogen-bond acceptors (Lipinski definition) is 5. The van der Waals surface area contributed by atoms with Crippen molar-refractivity contribution in [2.75, 3.05) is 6.61 Å². The van der Waals surface area contributed by atoms with Gasteiger partial charge in [0.25, 0.3) is 0 Å². The van der Waals surface area contributed by atoms with Gasteiger partial charge in [0.2, 0.25) is 5.88 Å². The van der Waals surface area contributed by atoms with E-state index in [2.05, 4.69) is 10.1 Å². The summed E-state index contributed by atoms with van der Waals surface area (Å²) in [5, 5.41) is 13.4. The Morgan fingerprint density at radius 3 is 2.69 bits per heavy atom. The lowest BCUT2D eigenvalue weighted by Gasteiger charge is -2.06. The number of nitrogens with zero attached hydrogens (tertiary/aromatic N) is 2. The first-order valence-corrected chi connectivity index (χ1v) is 8.90. The summed E-state index contributed by atoms with van der Waals surface area (Å²) in [6.07, 6.45) is 5.93. The summed E-state index contributed by atoms with van der Waals surface area (Å²) >= 11 is 0. The first kappa shape index (κ1) is 17.9. The predicted octanol–water partition coefficient (Wildman–Crippen LogP) is 4.49. The smallest absolute Gasteiger partial charge is 0.358 e. The van der Waals surface area contributed by atoms with Crippen LogP contribution < -0.4 is 4.74 Å². The topological polar surface area (TPSA) is 85.5 Å². The number of ether oxygens (including phenoxy) is 1. The molecule has 0 fully saturated rings. The Morgan fingerprint density at radius 2 is 1.85 bits per heavy atom. The molecule has 0 aliphatic heterocycles. The highest BCUT2D eigenvalue weighted by molar-refractivity contribution is 5.85. The van der Waals surface area contributed by atoms with Gasteiger partial charge in [0.1, 0.15) is 5.76 Å². The molecule has 1 N–H and O–H groups in total. The first-order valence-electron chi connectivity index (χ1n) is 8.90. The Hall–Kier alpha value is -2.89. The van der Waals surface area contributed by atoms with E-state index in [4.69, 9.17) is 14.4 Å². The number of hydrogen-bond donors (Lipinski definition) is 1. The second-order valence-corrected chi connectivity index (χ2v) is 6.19. The molecule has 0 spiro atoms. The molecule has 136 valence electrons. The normalized spacial score (nSPS) is 10.9. The average Bonchev–Trinajstić information content (AvgIpc) is 3.13. The molecule has 0 saturated heterocycles. The molecule has 6 heteroatoms. The number of para-hydroxylation sites is 1. The number of aryl methyl sites for hydroxylation is 1. The Balaban J connectivity index is 1.27. The molecule has 26 heavy (non-hydrogen) atoms. The molecule has 0 aliphatic carbocycles. The van der Waals surface area contributed by atoms with Gasteiger partial charge in [0.15, 0.2) is 5.69 Å². The minimum Gasteiger partial charge on any atom is -0.478 e. The largest absolute Gasteiger partial charge is 0.478 e. The van der Waals surface area contributed by atoms with Crippen LogP contribution in [0.4, 0.5) is 0 Å². The lowest BCUT2D eigenvalue weighted by Crippen LogP contribution is -1.99. The molecule has 0 unspecified atom stereocenters. The van der Waals surface area contributed by atoms with Gasteiger partial charge in [0, 0.05) is 23.9 Å². The Bertz CT molecular complexity index is 860. The molecule has 0 amide bonds. The van der Waals surface area contributed by atoms with Gasteiger partial charge in [-0.15, -0.1) is 0 Å². The molecule has 0 atom stereocenters. The second-order valence-electron chi connectivity index (χ2n) is 6.19. The SMILES string of the molecule is O=C(O)c1cc(CCCCCCCOc2ccc3ccccc3n2)on1. The molecule has 3 rings (SSSR count). The van der Waals surface area contributed by atoms with E-state index in [1.54, 1.807) is 0 Å². The van der Waals surface area contributed by atoms with Gasteiger partial charge >= 0.3 is 5.97 Å². The number of carbonyl (C=O) groups is 1. The van der Waals surface area contributed by atoms with Crippen LogP contribution in [0.5, 0.6) is 5.88 Å². The molecule has 6 nitrogen and oxygen atoms in total. The van der Waals surface area contributed by atoms with Gasteiger partial charge in [-0.05, 0) is 25.0 Å². The maximum Gasteiger partial charge on any atom is 0.358 e. The molecule has 2 aromatic heterocycles. The van der Waals surface area contributed by atoms with Crippen LogP contribution in [0.3, 0.4) is 0 Å². The number of carboxylic acid groups (broad SMARTS) is 1. The van der Waals surface area contributed by atoms with Crippen molar-refractivity contribution in [3.05, 3.63) is 53.9 Å². The highest BCUT2D eigenvalue weighted by Crippen LogP contribution is 2.16. The summed E-state index contributed by atoms with van der Waals surface area (Å²) in [6, 6.07) is 13.4. The van der Waals surface area contributed by atoms with E-state index in [0.717, 1.165) is 49.4 Å². The summed E-state index contributed by atoms with van der Waals surface area (Å²) in [5.41, 5.74) is 0.919. The third kappa shape index (κ3) is 5.05. The van der Waals surface area contributed by atoms with Crippen molar-refractivity contribution in [1.29, 1.82) is 0 Å². The zero-order valence-corrected chi connectivity index (χ0v) is 14.6. The lowest BCUT2D eigenvalue weighted by atomic mass is 10.1. The highest BCUT2D eigenvalue weighted by atomic mass is 16.5. The van der Waals surface area contributed by atoms with Crippen LogP contribution in [0.1, 0.15) is 48.4 Å². The maximum atomic E-state index is 10.7. The number of fused-ring (bicyclic) bond motifs is 1. The van der Waals surface area contributed by atoms with Gasteiger partial charge in [-0.25, -0.2) is 9.78 Å². The van der Waals surface area contributed by atoms with E-state index < -0.39 is 5.97 Å². The third-order valence-electron chi connectivity index (χ3n) is 4.17. The highest BCUT2D eigenvalue weighted by Gasteiger charge is 2.09. The van der Waals surface area contributed by atoms with Crippen molar-refractivity contribution in [3.63, 3.8) is 0 Å². The number of carboxylic acids is 1. The monoisotopic (exact) mass is 354 g/mol. The fourth-order valence-corrected chi connectivity index (χ4v) is 2.77. The number of aromatic nitrogens is 2. The summed E-state index contributed by atoms with van der Waals surface area (Å²) in [7, 11) is 0. The molecule has 3 aromatic rings. The summed E-state index contributed by atoms with van der Waals surface area (Å²) in [5.74, 6) is 0.247. The first-order chi connectivity index (χ1) is 12.7. The van der Waals surface area contributed by atoms with Crippen LogP contribution in [0.15, 0.2) is 47.0 Å². The molecular weight excluding hydrogens is 332 g/mol. The molecule has 0 aliphatic rings. The average molecular weight is 354 g/mol. The molecule has 0 bridgehead atoms. The van der Waals surface area contributed by atoms with Gasteiger partial charge in [-0.3, -0.25) is 0 Å². The Labute approximate surface area is 151 Å². The zero-order chi connectivity index (χ0) is 18.2. The fourth-order valence-electron chi connectivity index (χ4n) is 2.77. The van der Waals surface area contributed by atoms with Crippen molar-refractivity contribution >= 4 is 16.9 Å². The van der Waals surface area contributed by atoms with E-state index in [0.29, 0.717) is 18.2 Å². The zero-order valence-electron chi connectivity index (χ0n) is 14.6. The quantitative estimate of drug-likeness (QED) is 0.540. The van der Waals surface area contributed by atoms with Crippen LogP contribution in [0.2, 0.25) is 0 Å². The molecule has 0 saturated carbocycles. The van der Waals surface area contributed by atoms with Crippen molar-refractivity contribution in [2.24, 2.45) is 0 Å². The van der Waals surface area contributed by atoms with Crippen LogP contribution in [0, 0.1) is 0 Å². The standard InChI is InChI=1S/C20H22N2O4/c23-20(24)18-14-16(26-22-18)9-4-2-1-3-7-13-25-19-12-11-15-8-5-6-10-17(15)21-19/h5-6,8,10-12,14H,1-4,7,9,13H2,(H,23,24). The van der Waals surface area contributed by atoms with E-state index in [-0.39, 0.29) is 5.69 Å². The van der Waals surface area contributed by atoms with Gasteiger partial charge in [0.05, 0.1) is 12.1 Å². The van der Waals surface area contributed by atoms with Crippen molar-refractivity contribution in [2.45, 2.75) is 38.5 Å². The number of benzene rings is 1. The molecule has 1 aromatic carbocycles. The van der Waals surface area contributed by atoms with Crippen LogP contribution in [-0.4, -0.2) is 27.8 Å². The minimum atomic E-state index is -1.05. The van der Waals surface area contributed by atoms with Gasteiger partial charge in [-0.1, -0.05) is 42.6 Å². The summed E-state index contributed by atoms with van der Waals surface area (Å²) in [4.78, 5) is 15.2. The van der Waals surface area contributed by atoms with Crippen molar-refractivity contribution in [3.8, 4) is 5.88 Å².